The molecule has 0 heterocycles. The Labute approximate surface area is 95.3 Å². The van der Waals surface area contributed by atoms with Gasteiger partial charge in [-0.25, -0.2) is 4.79 Å². The fourth-order valence-corrected chi connectivity index (χ4v) is 1.21. The molecule has 0 aliphatic rings. The average Bonchev–Trinajstić information content (AvgIpc) is 2.27. The Kier molecular flexibility index (Phi) is 4.51. The molecule has 4 nitrogen and oxygen atoms in total. The first-order valence-electron chi connectivity index (χ1n) is 5.15. The smallest absolute Gasteiger partial charge is 0.344 e. The molecular weight excluding hydrogens is 204 g/mol. The Bertz CT molecular complexity index is 383. The molecule has 86 valence electrons. The largest absolute Gasteiger partial charge is 0.480 e. The first-order chi connectivity index (χ1) is 7.67. The van der Waals surface area contributed by atoms with E-state index in [9.17, 15) is 4.79 Å². The van der Waals surface area contributed by atoms with Crippen molar-refractivity contribution in [3.63, 3.8) is 0 Å². The highest BCUT2D eigenvalue weighted by Crippen LogP contribution is 2.05. The van der Waals surface area contributed by atoms with Gasteiger partial charge in [-0.3, -0.25) is 0 Å². The van der Waals surface area contributed by atoms with Crippen LogP contribution in [0.5, 0.6) is 0 Å². The summed E-state index contributed by atoms with van der Waals surface area (Å²) < 4.78 is 5.08. The quantitative estimate of drug-likeness (QED) is 0.613. The van der Waals surface area contributed by atoms with E-state index in [-0.39, 0.29) is 6.03 Å². The van der Waals surface area contributed by atoms with Crippen LogP contribution in [-0.2, 0) is 4.74 Å². The van der Waals surface area contributed by atoms with Crippen LogP contribution in [0.2, 0.25) is 0 Å². The summed E-state index contributed by atoms with van der Waals surface area (Å²) in [4.78, 5) is 15.1. The molecule has 1 aromatic carbocycles. The second-order valence-electron chi connectivity index (χ2n) is 3.32. The van der Waals surface area contributed by atoms with Crippen LogP contribution in [0.4, 0.5) is 4.79 Å². The van der Waals surface area contributed by atoms with Crippen LogP contribution in [0.3, 0.4) is 0 Å². The number of carbonyl (C=O) groups excluding carboxylic acids is 1. The highest BCUT2D eigenvalue weighted by molar-refractivity contribution is 6.01. The molecule has 0 saturated heterocycles. The van der Waals surface area contributed by atoms with E-state index < -0.39 is 0 Å². The van der Waals surface area contributed by atoms with Crippen molar-refractivity contribution in [1.29, 1.82) is 0 Å². The summed E-state index contributed by atoms with van der Waals surface area (Å²) in [5, 5.41) is 2.59. The molecule has 16 heavy (non-hydrogen) atoms. The number of hydrogen-bond donors (Lipinski definition) is 1. The number of aliphatic imine (C=N–C) groups is 1. The van der Waals surface area contributed by atoms with E-state index in [0.29, 0.717) is 12.4 Å². The third-order valence-corrected chi connectivity index (χ3v) is 2.02. The monoisotopic (exact) mass is 220 g/mol. The number of nitrogens with zero attached hydrogens (tertiary/aromatic N) is 1. The number of rotatable bonds is 2. The highest BCUT2D eigenvalue weighted by atomic mass is 16.5. The minimum atomic E-state index is -0.389. The topological polar surface area (TPSA) is 50.7 Å². The van der Waals surface area contributed by atoms with Gasteiger partial charge in [-0.15, -0.1) is 0 Å². The van der Waals surface area contributed by atoms with Gasteiger partial charge in [0.15, 0.2) is 0 Å². The van der Waals surface area contributed by atoms with Crippen molar-refractivity contribution in [2.75, 3.05) is 13.7 Å². The summed E-state index contributed by atoms with van der Waals surface area (Å²) in [6.45, 7) is 4.39. The molecule has 4 heteroatoms. The van der Waals surface area contributed by atoms with Crippen LogP contribution < -0.4 is 5.32 Å². The van der Waals surface area contributed by atoms with Crippen molar-refractivity contribution >= 4 is 11.9 Å². The molecule has 1 N–H and O–H groups in total. The number of hydrogen-bond acceptors (Lipinski definition) is 2. The molecule has 1 rings (SSSR count). The SMILES string of the molecule is CCNC(=O)/N=C(\OC)c1ccc(C)cc1. The molecule has 2 amide bonds. The zero-order valence-corrected chi connectivity index (χ0v) is 9.78. The van der Waals surface area contributed by atoms with Gasteiger partial charge in [0.1, 0.15) is 0 Å². The van der Waals surface area contributed by atoms with Gasteiger partial charge in [0, 0.05) is 12.1 Å². The lowest BCUT2D eigenvalue weighted by molar-refractivity contribution is 0.249. The molecule has 0 aliphatic heterocycles. The summed E-state index contributed by atoms with van der Waals surface area (Å²) in [6, 6.07) is 7.25. The molecule has 0 saturated carbocycles. The normalized spacial score (nSPS) is 11.1. The number of methoxy groups -OCH3 is 1. The van der Waals surface area contributed by atoms with Gasteiger partial charge in [0.2, 0.25) is 5.90 Å². The van der Waals surface area contributed by atoms with Crippen molar-refractivity contribution < 1.29 is 9.53 Å². The lowest BCUT2D eigenvalue weighted by Gasteiger charge is -2.05. The first kappa shape index (κ1) is 12.2. The van der Waals surface area contributed by atoms with Gasteiger partial charge in [-0.1, -0.05) is 17.7 Å². The molecule has 0 fully saturated rings. The standard InChI is InChI=1S/C12H16N2O2/c1-4-13-12(15)14-11(16-3)10-7-5-9(2)6-8-10/h5-8H,4H2,1-3H3,(H,13,15)/b14-11-. The van der Waals surface area contributed by atoms with Gasteiger partial charge < -0.3 is 10.1 Å². The van der Waals surface area contributed by atoms with Gasteiger partial charge in [-0.05, 0) is 26.0 Å². The molecule has 0 atom stereocenters. The Hall–Kier alpha value is -1.84. The van der Waals surface area contributed by atoms with E-state index in [1.54, 1.807) is 0 Å². The number of benzene rings is 1. The first-order valence-corrected chi connectivity index (χ1v) is 5.15. The number of amides is 2. The van der Waals surface area contributed by atoms with E-state index in [1.165, 1.54) is 7.11 Å². The fourth-order valence-electron chi connectivity index (χ4n) is 1.21. The van der Waals surface area contributed by atoms with Crippen LogP contribution in [0.1, 0.15) is 18.1 Å². The number of ether oxygens (including phenoxy) is 1. The fraction of sp³-hybridized carbons (Fsp3) is 0.333. The number of carbonyl (C=O) groups is 1. The van der Waals surface area contributed by atoms with Gasteiger partial charge in [0.05, 0.1) is 7.11 Å². The number of aryl methyl sites for hydroxylation is 1. The maximum absolute atomic E-state index is 11.3. The van der Waals surface area contributed by atoms with Crippen LogP contribution in [-0.4, -0.2) is 25.6 Å². The maximum Gasteiger partial charge on any atom is 0.344 e. The van der Waals surface area contributed by atoms with Crippen molar-refractivity contribution in [1.82, 2.24) is 5.32 Å². The Morgan fingerprint density at radius 3 is 2.50 bits per heavy atom. The van der Waals surface area contributed by atoms with Gasteiger partial charge >= 0.3 is 6.03 Å². The van der Waals surface area contributed by atoms with E-state index in [4.69, 9.17) is 4.74 Å². The lowest BCUT2D eigenvalue weighted by atomic mass is 10.1. The molecule has 1 aromatic rings. The van der Waals surface area contributed by atoms with E-state index in [0.717, 1.165) is 11.1 Å². The van der Waals surface area contributed by atoms with Crippen molar-refractivity contribution in [3.05, 3.63) is 35.4 Å². The Balaban J connectivity index is 2.89. The summed E-state index contributed by atoms with van der Waals surface area (Å²) in [7, 11) is 1.50. The second kappa shape index (κ2) is 5.90. The highest BCUT2D eigenvalue weighted by Gasteiger charge is 2.05. The zero-order chi connectivity index (χ0) is 12.0. The number of urea groups is 1. The molecule has 0 radical (unpaired) electrons. The summed E-state index contributed by atoms with van der Waals surface area (Å²) in [6.07, 6.45) is 0. The van der Waals surface area contributed by atoms with Crippen LogP contribution in [0.15, 0.2) is 29.3 Å². The maximum atomic E-state index is 11.3. The van der Waals surface area contributed by atoms with Gasteiger partial charge in [-0.2, -0.15) is 4.99 Å². The molecule has 0 bridgehead atoms. The molecule has 0 aromatic heterocycles. The van der Waals surface area contributed by atoms with Gasteiger partial charge in [0.25, 0.3) is 0 Å². The number of nitrogens with one attached hydrogen (secondary N) is 1. The van der Waals surface area contributed by atoms with Crippen molar-refractivity contribution in [2.45, 2.75) is 13.8 Å². The third-order valence-electron chi connectivity index (χ3n) is 2.02. The predicted octanol–water partition coefficient (Wildman–Crippen LogP) is 2.12. The lowest BCUT2D eigenvalue weighted by Crippen LogP contribution is -2.21. The summed E-state index contributed by atoms with van der Waals surface area (Å²) in [5.41, 5.74) is 1.94. The van der Waals surface area contributed by atoms with E-state index >= 15 is 0 Å². The predicted molar refractivity (Wildman–Crippen MR) is 63.8 cm³/mol. The van der Waals surface area contributed by atoms with Crippen molar-refractivity contribution in [3.8, 4) is 0 Å². The molecule has 0 unspecified atom stereocenters. The third kappa shape index (κ3) is 3.38. The van der Waals surface area contributed by atoms with E-state index in [2.05, 4.69) is 10.3 Å². The molecule has 0 spiro atoms. The van der Waals surface area contributed by atoms with Crippen LogP contribution in [0.25, 0.3) is 0 Å². The summed E-state index contributed by atoms with van der Waals surface area (Å²) in [5.74, 6) is 0.325. The summed E-state index contributed by atoms with van der Waals surface area (Å²) >= 11 is 0. The minimum Gasteiger partial charge on any atom is -0.480 e. The zero-order valence-electron chi connectivity index (χ0n) is 9.78. The minimum absolute atomic E-state index is 0.325. The van der Waals surface area contributed by atoms with Crippen molar-refractivity contribution in [2.24, 2.45) is 4.99 Å². The second-order valence-corrected chi connectivity index (χ2v) is 3.32. The van der Waals surface area contributed by atoms with Crippen LogP contribution in [0, 0.1) is 6.92 Å². The average molecular weight is 220 g/mol. The molecular formula is C12H16N2O2. The molecule has 0 aliphatic carbocycles. The van der Waals surface area contributed by atoms with E-state index in [1.807, 2.05) is 38.1 Å². The Morgan fingerprint density at radius 1 is 1.38 bits per heavy atom. The van der Waals surface area contributed by atoms with Crippen LogP contribution >= 0.6 is 0 Å². The Morgan fingerprint density at radius 2 is 2.00 bits per heavy atom.